The van der Waals surface area contributed by atoms with E-state index in [4.69, 9.17) is 11.6 Å². The van der Waals surface area contributed by atoms with Gasteiger partial charge in [0.05, 0.1) is 17.1 Å². The van der Waals surface area contributed by atoms with Crippen LogP contribution in [0.2, 0.25) is 5.02 Å². The van der Waals surface area contributed by atoms with Gasteiger partial charge in [0.25, 0.3) is 0 Å². The minimum absolute atomic E-state index is 0.206. The maximum atomic E-state index is 13.0. The molecule has 2 heterocycles. The lowest BCUT2D eigenvalue weighted by Crippen LogP contribution is -2.45. The van der Waals surface area contributed by atoms with Gasteiger partial charge >= 0.3 is 0 Å². The average Bonchev–Trinajstić information content (AvgIpc) is 3.41. The number of benzene rings is 2. The predicted octanol–water partition coefficient (Wildman–Crippen LogP) is 4.24. The summed E-state index contributed by atoms with van der Waals surface area (Å²) in [6.45, 7) is 2.58. The molecule has 3 aromatic rings. The van der Waals surface area contributed by atoms with Crippen LogP contribution in [0.1, 0.15) is 22.7 Å². The summed E-state index contributed by atoms with van der Waals surface area (Å²) in [5, 5.41) is 4.31. The van der Waals surface area contributed by atoms with Crippen LogP contribution in [0.15, 0.2) is 59.5 Å². The molecule has 0 aliphatic carbocycles. The third kappa shape index (κ3) is 4.67. The third-order valence-electron chi connectivity index (χ3n) is 5.23. The molecule has 4 rings (SSSR count). The van der Waals surface area contributed by atoms with E-state index in [1.165, 1.54) is 15.6 Å². The number of nitrogens with one attached hydrogen (secondary N) is 1. The molecule has 0 radical (unpaired) electrons. The standard InChI is InChI=1S/C22H22ClN3O3S2/c1-15-21(16-9-11-17(23)12-10-16)25-20(30-15)14-24-22(27)19-8-5-13-26(19)31(28,29)18-6-3-2-4-7-18/h2-4,6-7,9-12,19H,5,8,13-14H2,1H3,(H,24,27). The summed E-state index contributed by atoms with van der Waals surface area (Å²) in [7, 11) is -3.71. The molecule has 9 heteroatoms. The van der Waals surface area contributed by atoms with Crippen LogP contribution >= 0.6 is 22.9 Å². The van der Waals surface area contributed by atoms with E-state index in [2.05, 4.69) is 10.3 Å². The third-order valence-corrected chi connectivity index (χ3v) is 8.37. The van der Waals surface area contributed by atoms with Crippen molar-refractivity contribution in [1.82, 2.24) is 14.6 Å². The second-order valence-electron chi connectivity index (χ2n) is 7.32. The van der Waals surface area contributed by atoms with Crippen molar-refractivity contribution in [2.24, 2.45) is 0 Å². The molecule has 1 unspecified atom stereocenters. The van der Waals surface area contributed by atoms with Crippen molar-refractivity contribution in [2.75, 3.05) is 6.54 Å². The summed E-state index contributed by atoms with van der Waals surface area (Å²) in [4.78, 5) is 18.8. The van der Waals surface area contributed by atoms with E-state index in [-0.39, 0.29) is 17.3 Å². The zero-order valence-corrected chi connectivity index (χ0v) is 19.3. The smallest absolute Gasteiger partial charge is 0.243 e. The largest absolute Gasteiger partial charge is 0.348 e. The van der Waals surface area contributed by atoms with Crippen molar-refractivity contribution in [1.29, 1.82) is 0 Å². The van der Waals surface area contributed by atoms with Crippen LogP contribution in [0.25, 0.3) is 11.3 Å². The monoisotopic (exact) mass is 475 g/mol. The number of hydrogen-bond donors (Lipinski definition) is 1. The summed E-state index contributed by atoms with van der Waals surface area (Å²) < 4.78 is 27.3. The lowest BCUT2D eigenvalue weighted by molar-refractivity contribution is -0.124. The first-order chi connectivity index (χ1) is 14.9. The number of rotatable bonds is 6. The van der Waals surface area contributed by atoms with E-state index in [1.54, 1.807) is 30.3 Å². The Bertz CT molecular complexity index is 1180. The Balaban J connectivity index is 1.45. The fourth-order valence-corrected chi connectivity index (χ4v) is 6.40. The van der Waals surface area contributed by atoms with Gasteiger partial charge in [-0.15, -0.1) is 11.3 Å². The maximum absolute atomic E-state index is 13.0. The maximum Gasteiger partial charge on any atom is 0.243 e. The fourth-order valence-electron chi connectivity index (χ4n) is 3.70. The number of halogens is 1. The number of hydrogen-bond acceptors (Lipinski definition) is 5. The first-order valence-corrected chi connectivity index (χ1v) is 12.6. The Morgan fingerprint density at radius 2 is 1.90 bits per heavy atom. The van der Waals surface area contributed by atoms with E-state index in [0.29, 0.717) is 24.4 Å². The van der Waals surface area contributed by atoms with Gasteiger partial charge in [-0.2, -0.15) is 4.31 Å². The fraction of sp³-hybridized carbons (Fsp3) is 0.273. The number of carbonyl (C=O) groups excluding carboxylic acids is 1. The number of sulfonamides is 1. The number of aryl methyl sites for hydroxylation is 1. The molecule has 6 nitrogen and oxygen atoms in total. The van der Waals surface area contributed by atoms with Crippen molar-refractivity contribution in [3.8, 4) is 11.3 Å². The molecule has 1 aliphatic heterocycles. The van der Waals surface area contributed by atoms with Crippen molar-refractivity contribution in [3.05, 3.63) is 69.5 Å². The molecule has 1 saturated heterocycles. The van der Waals surface area contributed by atoms with Gasteiger partial charge in [-0.1, -0.05) is 41.9 Å². The Labute approximate surface area is 190 Å². The number of aromatic nitrogens is 1. The number of thiazole rings is 1. The van der Waals surface area contributed by atoms with E-state index >= 15 is 0 Å². The first kappa shape index (κ1) is 22.0. The summed E-state index contributed by atoms with van der Waals surface area (Å²) in [5.74, 6) is -0.294. The molecular weight excluding hydrogens is 454 g/mol. The predicted molar refractivity (Wildman–Crippen MR) is 122 cm³/mol. The second kappa shape index (κ2) is 9.08. The van der Waals surface area contributed by atoms with Gasteiger partial charge < -0.3 is 5.32 Å². The van der Waals surface area contributed by atoms with E-state index < -0.39 is 16.1 Å². The number of nitrogens with zero attached hydrogens (tertiary/aromatic N) is 2. The van der Waals surface area contributed by atoms with Gasteiger partial charge in [0.1, 0.15) is 11.0 Å². The number of carbonyl (C=O) groups is 1. The lowest BCUT2D eigenvalue weighted by atomic mass is 10.1. The molecule has 0 bridgehead atoms. The van der Waals surface area contributed by atoms with Crippen molar-refractivity contribution in [2.45, 2.75) is 37.2 Å². The first-order valence-electron chi connectivity index (χ1n) is 9.93. The topological polar surface area (TPSA) is 79.4 Å². The van der Waals surface area contributed by atoms with Gasteiger partial charge in [-0.3, -0.25) is 4.79 Å². The van der Waals surface area contributed by atoms with E-state index in [1.807, 2.05) is 31.2 Å². The minimum atomic E-state index is -3.71. The lowest BCUT2D eigenvalue weighted by Gasteiger charge is -2.23. The normalized spacial score (nSPS) is 17.0. The molecule has 1 fully saturated rings. The average molecular weight is 476 g/mol. The molecule has 0 spiro atoms. The van der Waals surface area contributed by atoms with Gasteiger partial charge in [-0.25, -0.2) is 13.4 Å². The van der Waals surface area contributed by atoms with Gasteiger partial charge in [0, 0.05) is 22.0 Å². The highest BCUT2D eigenvalue weighted by Crippen LogP contribution is 2.29. The molecule has 162 valence electrons. The van der Waals surface area contributed by atoms with Crippen LogP contribution in [0.3, 0.4) is 0 Å². The summed E-state index contributed by atoms with van der Waals surface area (Å²) in [6.07, 6.45) is 1.16. The van der Waals surface area contributed by atoms with Gasteiger partial charge in [-0.05, 0) is 44.0 Å². The molecule has 31 heavy (non-hydrogen) atoms. The van der Waals surface area contributed by atoms with Crippen LogP contribution in [-0.4, -0.2) is 36.2 Å². The zero-order chi connectivity index (χ0) is 22.0. The highest BCUT2D eigenvalue weighted by Gasteiger charge is 2.39. The molecule has 1 N–H and O–H groups in total. The summed E-state index contributed by atoms with van der Waals surface area (Å²) in [6, 6.07) is 15.0. The summed E-state index contributed by atoms with van der Waals surface area (Å²) in [5.41, 5.74) is 1.83. The number of amides is 1. The van der Waals surface area contributed by atoms with Crippen LogP contribution < -0.4 is 5.32 Å². The SMILES string of the molecule is Cc1sc(CNC(=O)C2CCCN2S(=O)(=O)c2ccccc2)nc1-c1ccc(Cl)cc1. The Hall–Kier alpha value is -2.26. The highest BCUT2D eigenvalue weighted by molar-refractivity contribution is 7.89. The molecule has 2 aromatic carbocycles. The Morgan fingerprint density at radius 3 is 2.61 bits per heavy atom. The molecule has 0 saturated carbocycles. The van der Waals surface area contributed by atoms with Gasteiger partial charge in [0.15, 0.2) is 0 Å². The van der Waals surface area contributed by atoms with Crippen molar-refractivity contribution in [3.63, 3.8) is 0 Å². The van der Waals surface area contributed by atoms with Crippen LogP contribution in [0, 0.1) is 6.92 Å². The molecule has 1 aromatic heterocycles. The van der Waals surface area contributed by atoms with E-state index in [0.717, 1.165) is 21.1 Å². The van der Waals surface area contributed by atoms with Crippen molar-refractivity contribution >= 4 is 38.9 Å². The second-order valence-corrected chi connectivity index (χ2v) is 10.9. The van der Waals surface area contributed by atoms with Crippen LogP contribution in [0.5, 0.6) is 0 Å². The van der Waals surface area contributed by atoms with Crippen LogP contribution in [0.4, 0.5) is 0 Å². The zero-order valence-electron chi connectivity index (χ0n) is 16.9. The Kier molecular flexibility index (Phi) is 6.43. The molecule has 1 atom stereocenters. The molecule has 1 amide bonds. The van der Waals surface area contributed by atoms with Crippen molar-refractivity contribution < 1.29 is 13.2 Å². The quantitative estimate of drug-likeness (QED) is 0.578. The molecule has 1 aliphatic rings. The van der Waals surface area contributed by atoms with Crippen LogP contribution in [-0.2, 0) is 21.4 Å². The Morgan fingerprint density at radius 1 is 1.19 bits per heavy atom. The highest BCUT2D eigenvalue weighted by atomic mass is 35.5. The molecular formula is C22H22ClN3O3S2. The summed E-state index contributed by atoms with van der Waals surface area (Å²) >= 11 is 7.47. The van der Waals surface area contributed by atoms with Gasteiger partial charge in [0.2, 0.25) is 15.9 Å². The van der Waals surface area contributed by atoms with E-state index in [9.17, 15) is 13.2 Å². The minimum Gasteiger partial charge on any atom is -0.348 e.